The van der Waals surface area contributed by atoms with Crippen LogP contribution in [0.5, 0.6) is 5.75 Å². The number of carbonyl (C=O) groups excluding carboxylic acids is 3. The minimum Gasteiger partial charge on any atom is -0.484 e. The third-order valence-corrected chi connectivity index (χ3v) is 7.77. The lowest BCUT2D eigenvalue weighted by atomic mass is 9.78. The van der Waals surface area contributed by atoms with Crippen molar-refractivity contribution in [3.05, 3.63) is 132 Å². The molecule has 0 radical (unpaired) electrons. The Kier molecular flexibility index (Phi) is 15.1. The molecule has 4 unspecified atom stereocenters. The number of β-lactam (4-membered cyclic amide) rings is 1. The topological polar surface area (TPSA) is 165 Å². The quantitative estimate of drug-likeness (QED) is 0.122. The fraction of sp³-hybridized carbons (Fsp3) is 0.263. The van der Waals surface area contributed by atoms with Gasteiger partial charge in [-0.25, -0.2) is 9.18 Å². The van der Waals surface area contributed by atoms with Crippen LogP contribution in [0.2, 0.25) is 0 Å². The molecule has 11 nitrogen and oxygen atoms in total. The Morgan fingerprint density at radius 2 is 1.42 bits per heavy atom. The molecule has 0 saturated carbocycles. The highest BCUT2D eigenvalue weighted by Crippen LogP contribution is 2.46. The van der Waals surface area contributed by atoms with Crippen molar-refractivity contribution in [1.82, 2.24) is 10.6 Å². The fourth-order valence-corrected chi connectivity index (χ4v) is 5.23. The summed E-state index contributed by atoms with van der Waals surface area (Å²) in [6.07, 6.45) is -0.129. The first-order valence-corrected chi connectivity index (χ1v) is 15.6. The molecule has 50 heavy (non-hydrogen) atoms. The minimum atomic E-state index is -1.47. The molecule has 0 aliphatic carbocycles. The number of nitrogens with one attached hydrogen (secondary N) is 2. The number of rotatable bonds is 14. The Hall–Kier alpha value is -5.59. The number of aliphatic hydroxyl groups excluding tert-OH is 2. The molecule has 4 aromatic carbocycles. The molecule has 0 bridgehead atoms. The average molecular weight is 688 g/mol. The van der Waals surface area contributed by atoms with Gasteiger partial charge in [0.2, 0.25) is 11.8 Å². The maximum atomic E-state index is 13.3. The number of benzene rings is 4. The normalized spacial score (nSPS) is 15.9. The summed E-state index contributed by atoms with van der Waals surface area (Å²) in [5.74, 6) is -3.29. The molecule has 5 rings (SSSR count). The number of amides is 3. The Balaban J connectivity index is 0.000000872. The molecule has 0 aromatic heterocycles. The van der Waals surface area contributed by atoms with Gasteiger partial charge in [0.25, 0.3) is 5.91 Å². The van der Waals surface area contributed by atoms with Crippen molar-refractivity contribution in [1.29, 1.82) is 0 Å². The van der Waals surface area contributed by atoms with Crippen LogP contribution < -0.4 is 20.3 Å². The summed E-state index contributed by atoms with van der Waals surface area (Å²) in [6.45, 7) is -1.69. The lowest BCUT2D eigenvalue weighted by Gasteiger charge is -2.48. The number of carbonyl (C=O) groups is 4. The van der Waals surface area contributed by atoms with Crippen LogP contribution in [-0.4, -0.2) is 64.8 Å². The van der Waals surface area contributed by atoms with Gasteiger partial charge in [-0.05, 0) is 60.4 Å². The van der Waals surface area contributed by atoms with Crippen molar-refractivity contribution in [2.75, 3.05) is 24.7 Å². The smallest absolute Gasteiger partial charge is 0.328 e. The molecule has 1 aliphatic rings. The van der Waals surface area contributed by atoms with E-state index < -0.39 is 61.4 Å². The van der Waals surface area contributed by atoms with E-state index in [0.717, 1.165) is 11.3 Å². The van der Waals surface area contributed by atoms with E-state index in [1.54, 1.807) is 29.2 Å². The lowest BCUT2D eigenvalue weighted by Crippen LogP contribution is -2.55. The number of para-hydroxylation sites is 1. The Morgan fingerprint density at radius 1 is 0.840 bits per heavy atom. The van der Waals surface area contributed by atoms with Gasteiger partial charge in [0.1, 0.15) is 17.6 Å². The second-order valence-corrected chi connectivity index (χ2v) is 11.2. The van der Waals surface area contributed by atoms with E-state index in [1.165, 1.54) is 24.3 Å². The van der Waals surface area contributed by atoms with Crippen LogP contribution >= 0.6 is 0 Å². The maximum absolute atomic E-state index is 13.3. The van der Waals surface area contributed by atoms with E-state index in [2.05, 4.69) is 10.6 Å². The molecule has 5 N–H and O–H groups in total. The van der Waals surface area contributed by atoms with Gasteiger partial charge in [0.15, 0.2) is 6.61 Å². The van der Waals surface area contributed by atoms with Crippen LogP contribution in [0, 0.1) is 11.7 Å². The number of ether oxygens (including phenoxy) is 1. The summed E-state index contributed by atoms with van der Waals surface area (Å²) in [5, 5.41) is 32.8. The number of aliphatic hydroxyl groups is 2. The zero-order chi connectivity index (χ0) is 35.2. The molecule has 12 heteroatoms. The maximum Gasteiger partial charge on any atom is 0.328 e. The van der Waals surface area contributed by atoms with Crippen molar-refractivity contribution in [2.24, 2.45) is 5.92 Å². The summed E-state index contributed by atoms with van der Waals surface area (Å²) < 4.78 is 18.8. The molecule has 0 spiro atoms. The summed E-state index contributed by atoms with van der Waals surface area (Å²) in [7, 11) is 0. The standard InChI is InChI=1S/C31H32FN3O8.C6H6.CH4/c32-21-10-6-19(7-11-21)26(37)15-14-24-29(35(30(24)40)22-4-2-1-3-5-22)20-8-12-23(13-9-20)43-18-28(39)33-16-27(38)34-25(17-36)31(41)42;1-2-4-6-5-3-1;/h1-13,24-26,29,36-37H,14-18H2,(H,33,39)(H,34,38)(H,41,42);1-6H;1H4. The monoisotopic (exact) mass is 687 g/mol. The van der Waals surface area contributed by atoms with Crippen LogP contribution in [-0.2, 0) is 19.2 Å². The highest BCUT2D eigenvalue weighted by Gasteiger charge is 2.48. The molecule has 1 fully saturated rings. The molecule has 1 heterocycles. The van der Waals surface area contributed by atoms with E-state index in [4.69, 9.17) is 14.9 Å². The van der Waals surface area contributed by atoms with E-state index in [0.29, 0.717) is 24.2 Å². The highest BCUT2D eigenvalue weighted by molar-refractivity contribution is 6.03. The lowest BCUT2D eigenvalue weighted by molar-refractivity contribution is -0.142. The van der Waals surface area contributed by atoms with Crippen molar-refractivity contribution in [3.8, 4) is 5.75 Å². The Labute approximate surface area is 290 Å². The molecular weight excluding hydrogens is 645 g/mol. The van der Waals surface area contributed by atoms with E-state index >= 15 is 0 Å². The van der Waals surface area contributed by atoms with Crippen molar-refractivity contribution >= 4 is 29.4 Å². The third-order valence-electron chi connectivity index (χ3n) is 7.77. The van der Waals surface area contributed by atoms with Gasteiger partial charge in [-0.3, -0.25) is 14.4 Å². The van der Waals surface area contributed by atoms with Crippen molar-refractivity contribution < 1.29 is 43.6 Å². The van der Waals surface area contributed by atoms with Crippen molar-refractivity contribution in [2.45, 2.75) is 38.5 Å². The van der Waals surface area contributed by atoms with Gasteiger partial charge in [-0.1, -0.05) is 86.3 Å². The first-order chi connectivity index (χ1) is 23.7. The number of anilines is 1. The number of carboxylic acid groups (broad SMARTS) is 1. The van der Waals surface area contributed by atoms with Crippen LogP contribution in [0.3, 0.4) is 0 Å². The largest absolute Gasteiger partial charge is 0.484 e. The minimum absolute atomic E-state index is 0. The second-order valence-electron chi connectivity index (χ2n) is 11.2. The molecule has 4 atom stereocenters. The molecule has 1 saturated heterocycles. The molecule has 4 aromatic rings. The van der Waals surface area contributed by atoms with Gasteiger partial charge in [-0.15, -0.1) is 0 Å². The van der Waals surface area contributed by atoms with E-state index in [9.17, 15) is 28.7 Å². The summed E-state index contributed by atoms with van der Waals surface area (Å²) in [4.78, 5) is 49.7. The fourth-order valence-electron chi connectivity index (χ4n) is 5.23. The highest BCUT2D eigenvalue weighted by atomic mass is 19.1. The zero-order valence-electron chi connectivity index (χ0n) is 26.5. The van der Waals surface area contributed by atoms with E-state index in [1.807, 2.05) is 66.7 Å². The van der Waals surface area contributed by atoms with Crippen LogP contribution in [0.15, 0.2) is 115 Å². The van der Waals surface area contributed by atoms with Gasteiger partial charge in [-0.2, -0.15) is 0 Å². The van der Waals surface area contributed by atoms with Crippen LogP contribution in [0.25, 0.3) is 0 Å². The summed E-state index contributed by atoms with van der Waals surface area (Å²) >= 11 is 0. The van der Waals surface area contributed by atoms with Crippen LogP contribution in [0.1, 0.15) is 43.5 Å². The van der Waals surface area contributed by atoms with E-state index in [-0.39, 0.29) is 19.4 Å². The SMILES string of the molecule is C.O=C(COc1ccc(C2C(CCC(O)c3ccc(F)cc3)C(=O)N2c2ccccc2)cc1)NCC(=O)NC(CO)C(=O)O.c1ccccc1. The number of aliphatic carboxylic acids is 1. The van der Waals surface area contributed by atoms with Crippen LogP contribution in [0.4, 0.5) is 10.1 Å². The number of carboxylic acids is 1. The molecule has 1 aliphatic heterocycles. The Bertz CT molecular complexity index is 1630. The van der Waals surface area contributed by atoms with Gasteiger partial charge in [0, 0.05) is 5.69 Å². The van der Waals surface area contributed by atoms with Gasteiger partial charge >= 0.3 is 5.97 Å². The number of halogens is 1. The van der Waals surface area contributed by atoms with Crippen molar-refractivity contribution in [3.63, 3.8) is 0 Å². The first-order valence-electron chi connectivity index (χ1n) is 15.6. The predicted octanol–water partition coefficient (Wildman–Crippen LogP) is 4.42. The summed E-state index contributed by atoms with van der Waals surface area (Å²) in [5.41, 5.74) is 2.14. The average Bonchev–Trinajstić information content (AvgIpc) is 3.12. The Morgan fingerprint density at radius 3 is 1.98 bits per heavy atom. The number of nitrogens with zero attached hydrogens (tertiary/aromatic N) is 1. The van der Waals surface area contributed by atoms with Gasteiger partial charge < -0.3 is 35.6 Å². The molecule has 264 valence electrons. The third kappa shape index (κ3) is 11.0. The summed E-state index contributed by atoms with van der Waals surface area (Å²) in [6, 6.07) is 32.0. The molecule has 3 amide bonds. The molecular formula is C38H42FN3O8. The number of hydrogen-bond donors (Lipinski definition) is 5. The van der Waals surface area contributed by atoms with Gasteiger partial charge in [0.05, 0.1) is 31.2 Å². The zero-order valence-corrected chi connectivity index (χ0v) is 26.5. The first kappa shape index (κ1) is 38.9. The second kappa shape index (κ2) is 19.4. The number of hydrogen-bond acceptors (Lipinski definition) is 7. The predicted molar refractivity (Wildman–Crippen MR) is 186 cm³/mol.